The summed E-state index contributed by atoms with van der Waals surface area (Å²) in [6.45, 7) is 6.60. The van der Waals surface area contributed by atoms with E-state index in [1.54, 1.807) is 18.5 Å². The van der Waals surface area contributed by atoms with Crippen LogP contribution in [-0.2, 0) is 5.41 Å². The van der Waals surface area contributed by atoms with E-state index in [1.165, 1.54) is 19.3 Å². The molecule has 3 nitrogen and oxygen atoms in total. The summed E-state index contributed by atoms with van der Waals surface area (Å²) in [5.74, 6) is 0. The molecule has 0 atom stereocenters. The second kappa shape index (κ2) is 5.55. The molecule has 0 aromatic carbocycles. The van der Waals surface area contributed by atoms with Crippen molar-refractivity contribution in [1.82, 2.24) is 9.97 Å². The third kappa shape index (κ3) is 3.03. The Morgan fingerprint density at radius 1 is 1.32 bits per heavy atom. The first-order chi connectivity index (χ1) is 9.04. The highest BCUT2D eigenvalue weighted by molar-refractivity contribution is 5.77. The Morgan fingerprint density at radius 3 is 2.84 bits per heavy atom. The lowest BCUT2D eigenvalue weighted by Gasteiger charge is -2.25. The number of aromatic amines is 1. The lowest BCUT2D eigenvalue weighted by Crippen LogP contribution is -2.21. The Labute approximate surface area is 114 Å². The van der Waals surface area contributed by atoms with Crippen molar-refractivity contribution in [1.29, 1.82) is 0 Å². The fourth-order valence-electron chi connectivity index (χ4n) is 2.41. The monoisotopic (exact) mass is 258 g/mol. The first-order valence-electron chi connectivity index (χ1n) is 7.02. The molecule has 0 aliphatic heterocycles. The van der Waals surface area contributed by atoms with Crippen molar-refractivity contribution in [2.24, 2.45) is 0 Å². The molecule has 0 aliphatic rings. The molecule has 2 aromatic heterocycles. The van der Waals surface area contributed by atoms with E-state index in [1.807, 2.05) is 6.07 Å². The Kier molecular flexibility index (Phi) is 4.03. The molecule has 2 aromatic rings. The molecule has 0 amide bonds. The van der Waals surface area contributed by atoms with Gasteiger partial charge >= 0.3 is 0 Å². The zero-order valence-electron chi connectivity index (χ0n) is 12.0. The van der Waals surface area contributed by atoms with Gasteiger partial charge in [0.2, 0.25) is 0 Å². The zero-order valence-corrected chi connectivity index (χ0v) is 12.0. The molecule has 0 spiro atoms. The van der Waals surface area contributed by atoms with Crippen molar-refractivity contribution < 1.29 is 0 Å². The Bertz CT molecular complexity index is 613. The van der Waals surface area contributed by atoms with Gasteiger partial charge in [-0.2, -0.15) is 0 Å². The van der Waals surface area contributed by atoms with Crippen LogP contribution in [0.2, 0.25) is 0 Å². The summed E-state index contributed by atoms with van der Waals surface area (Å²) in [4.78, 5) is 19.5. The van der Waals surface area contributed by atoms with Crippen LogP contribution in [0.4, 0.5) is 0 Å². The Morgan fingerprint density at radius 2 is 2.11 bits per heavy atom. The van der Waals surface area contributed by atoms with E-state index in [0.717, 1.165) is 17.6 Å². The maximum absolute atomic E-state index is 12.1. The van der Waals surface area contributed by atoms with Crippen LogP contribution in [0.25, 0.3) is 10.9 Å². The van der Waals surface area contributed by atoms with E-state index in [4.69, 9.17) is 0 Å². The summed E-state index contributed by atoms with van der Waals surface area (Å²) >= 11 is 0. The predicted molar refractivity (Wildman–Crippen MR) is 79.5 cm³/mol. The van der Waals surface area contributed by atoms with Crippen molar-refractivity contribution in [2.75, 3.05) is 0 Å². The standard InChI is InChI=1S/C16H22N2O/c1-4-5-6-8-16(2,3)15-10-14(19)12-11-17-9-7-13(12)18-15/h7,9-11H,4-6,8H2,1-3H3,(H,18,19). The second-order valence-electron chi connectivity index (χ2n) is 5.81. The van der Waals surface area contributed by atoms with Gasteiger partial charge < -0.3 is 4.98 Å². The molecule has 0 radical (unpaired) electrons. The minimum absolute atomic E-state index is 0.00574. The van der Waals surface area contributed by atoms with Crippen LogP contribution >= 0.6 is 0 Å². The number of rotatable bonds is 5. The molecule has 2 rings (SSSR count). The Balaban J connectivity index is 2.37. The number of hydrogen-bond donors (Lipinski definition) is 1. The van der Waals surface area contributed by atoms with Crippen molar-refractivity contribution in [3.63, 3.8) is 0 Å². The number of nitrogens with zero attached hydrogens (tertiary/aromatic N) is 1. The molecule has 0 aliphatic carbocycles. The molecule has 2 heterocycles. The molecule has 0 fully saturated rings. The number of aromatic nitrogens is 2. The van der Waals surface area contributed by atoms with Gasteiger partial charge in [0.25, 0.3) is 0 Å². The largest absolute Gasteiger partial charge is 0.358 e. The highest BCUT2D eigenvalue weighted by atomic mass is 16.1. The molecule has 0 bridgehead atoms. The first-order valence-corrected chi connectivity index (χ1v) is 7.02. The van der Waals surface area contributed by atoms with Crippen LogP contribution in [0, 0.1) is 0 Å². The number of nitrogens with one attached hydrogen (secondary N) is 1. The van der Waals surface area contributed by atoms with E-state index in [-0.39, 0.29) is 10.8 Å². The quantitative estimate of drug-likeness (QED) is 0.829. The summed E-state index contributed by atoms with van der Waals surface area (Å²) < 4.78 is 0. The van der Waals surface area contributed by atoms with E-state index >= 15 is 0 Å². The van der Waals surface area contributed by atoms with Crippen LogP contribution in [0.1, 0.15) is 52.1 Å². The fraction of sp³-hybridized carbons (Fsp3) is 0.500. The van der Waals surface area contributed by atoms with Crippen LogP contribution in [0.3, 0.4) is 0 Å². The van der Waals surface area contributed by atoms with Gasteiger partial charge in [-0.15, -0.1) is 0 Å². The Hall–Kier alpha value is -1.64. The highest BCUT2D eigenvalue weighted by Crippen LogP contribution is 2.27. The number of H-pyrrole nitrogens is 1. The van der Waals surface area contributed by atoms with E-state index in [0.29, 0.717) is 5.39 Å². The maximum atomic E-state index is 12.1. The van der Waals surface area contributed by atoms with E-state index < -0.39 is 0 Å². The second-order valence-corrected chi connectivity index (χ2v) is 5.81. The molecular formula is C16H22N2O. The normalized spacial score (nSPS) is 11.9. The highest BCUT2D eigenvalue weighted by Gasteiger charge is 2.21. The summed E-state index contributed by atoms with van der Waals surface area (Å²) in [5.41, 5.74) is 1.96. The van der Waals surface area contributed by atoms with Crippen molar-refractivity contribution in [3.05, 3.63) is 40.4 Å². The molecule has 3 heteroatoms. The van der Waals surface area contributed by atoms with Gasteiger partial charge in [-0.25, -0.2) is 0 Å². The lowest BCUT2D eigenvalue weighted by atomic mass is 9.83. The average molecular weight is 258 g/mol. The van der Waals surface area contributed by atoms with Crippen molar-refractivity contribution >= 4 is 10.9 Å². The average Bonchev–Trinajstić information content (AvgIpc) is 2.39. The van der Waals surface area contributed by atoms with Crippen LogP contribution in [0.15, 0.2) is 29.3 Å². The van der Waals surface area contributed by atoms with Gasteiger partial charge in [-0.3, -0.25) is 9.78 Å². The molecule has 1 N–H and O–H groups in total. The van der Waals surface area contributed by atoms with Crippen molar-refractivity contribution in [2.45, 2.75) is 51.9 Å². The molecule has 102 valence electrons. The van der Waals surface area contributed by atoms with Crippen molar-refractivity contribution in [3.8, 4) is 0 Å². The van der Waals surface area contributed by atoms with E-state index in [2.05, 4.69) is 30.7 Å². The van der Waals surface area contributed by atoms with E-state index in [9.17, 15) is 4.79 Å². The minimum atomic E-state index is 0.00574. The number of fused-ring (bicyclic) bond motifs is 1. The number of pyridine rings is 2. The molecule has 0 saturated carbocycles. The molecular weight excluding hydrogens is 236 g/mol. The number of hydrogen-bond acceptors (Lipinski definition) is 2. The number of unbranched alkanes of at least 4 members (excludes halogenated alkanes) is 2. The fourth-order valence-corrected chi connectivity index (χ4v) is 2.41. The summed E-state index contributed by atoms with van der Waals surface area (Å²) in [6, 6.07) is 3.60. The molecule has 19 heavy (non-hydrogen) atoms. The van der Waals surface area contributed by atoms with Crippen LogP contribution in [-0.4, -0.2) is 9.97 Å². The third-order valence-corrected chi connectivity index (χ3v) is 3.77. The lowest BCUT2D eigenvalue weighted by molar-refractivity contribution is 0.440. The van der Waals surface area contributed by atoms with Crippen LogP contribution in [0.5, 0.6) is 0 Å². The van der Waals surface area contributed by atoms with Gasteiger partial charge in [0.15, 0.2) is 5.43 Å². The molecule has 0 unspecified atom stereocenters. The smallest absolute Gasteiger partial charge is 0.191 e. The zero-order chi connectivity index (χ0) is 13.9. The molecule has 0 saturated heterocycles. The SMILES string of the molecule is CCCCCC(C)(C)c1cc(=O)c2cnccc2[nH]1. The van der Waals surface area contributed by atoms with Crippen LogP contribution < -0.4 is 5.43 Å². The predicted octanol–water partition coefficient (Wildman–Crippen LogP) is 3.78. The third-order valence-electron chi connectivity index (χ3n) is 3.77. The summed E-state index contributed by atoms with van der Waals surface area (Å²) in [5, 5.41) is 0.663. The van der Waals surface area contributed by atoms with Gasteiger partial charge in [0.05, 0.1) is 10.9 Å². The summed E-state index contributed by atoms with van der Waals surface area (Å²) in [7, 11) is 0. The summed E-state index contributed by atoms with van der Waals surface area (Å²) in [6.07, 6.45) is 8.09. The van der Waals surface area contributed by atoms with Gasteiger partial charge in [-0.1, -0.05) is 40.0 Å². The van der Waals surface area contributed by atoms with Gasteiger partial charge in [0, 0.05) is 29.6 Å². The minimum Gasteiger partial charge on any atom is -0.358 e. The topological polar surface area (TPSA) is 45.8 Å². The van der Waals surface area contributed by atoms with Gasteiger partial charge in [-0.05, 0) is 12.5 Å². The first kappa shape index (κ1) is 13.8. The maximum Gasteiger partial charge on any atom is 0.191 e. The van der Waals surface area contributed by atoms with Gasteiger partial charge in [0.1, 0.15) is 0 Å².